The minimum atomic E-state index is -0.605. The number of hydrogen-bond acceptors (Lipinski definition) is 16. The first-order valence-corrected chi connectivity index (χ1v) is 21.9. The van der Waals surface area contributed by atoms with Crippen LogP contribution in [0.25, 0.3) is 0 Å². The summed E-state index contributed by atoms with van der Waals surface area (Å²) in [6, 6.07) is 0. The first-order valence-electron chi connectivity index (χ1n) is 21.9. The quantitative estimate of drug-likeness (QED) is 0.0828. The van der Waals surface area contributed by atoms with Gasteiger partial charge in [0.25, 0.3) is 0 Å². The van der Waals surface area contributed by atoms with E-state index in [1.807, 2.05) is 0 Å². The van der Waals surface area contributed by atoms with Crippen LogP contribution >= 0.6 is 0 Å². The van der Waals surface area contributed by atoms with Gasteiger partial charge in [-0.3, -0.25) is 0 Å². The van der Waals surface area contributed by atoms with E-state index in [1.54, 1.807) is 0 Å². The van der Waals surface area contributed by atoms with Crippen LogP contribution in [0, 0.1) is 5.41 Å². The van der Waals surface area contributed by atoms with Crippen molar-refractivity contribution >= 4 is 0 Å². The van der Waals surface area contributed by atoms with E-state index < -0.39 is 5.41 Å². The summed E-state index contributed by atoms with van der Waals surface area (Å²) in [5.41, 5.74) is -0.605. The fraction of sp³-hybridized carbons (Fsp3) is 1.00. The lowest BCUT2D eigenvalue weighted by Crippen LogP contribution is -2.43. The third kappa shape index (κ3) is 25.0. The largest absolute Gasteiger partial charge is 0.378 e. The van der Waals surface area contributed by atoms with E-state index >= 15 is 0 Å². The predicted molar refractivity (Wildman–Crippen MR) is 207 cm³/mol. The molecule has 0 radical (unpaired) electrons. The van der Waals surface area contributed by atoms with Crippen molar-refractivity contribution < 1.29 is 75.8 Å². The van der Waals surface area contributed by atoms with Crippen molar-refractivity contribution in [2.45, 2.75) is 102 Å². The third-order valence-electron chi connectivity index (χ3n) is 9.80. The van der Waals surface area contributed by atoms with Gasteiger partial charge in [0.15, 0.2) is 25.2 Å². The van der Waals surface area contributed by atoms with Gasteiger partial charge in [-0.25, -0.2) is 0 Å². The van der Waals surface area contributed by atoms with Gasteiger partial charge in [0.1, 0.15) is 0 Å². The number of ether oxygens (including phenoxy) is 16. The Morgan fingerprint density at radius 3 is 0.737 bits per heavy atom. The van der Waals surface area contributed by atoms with Crippen LogP contribution in [-0.4, -0.2) is 184 Å². The Balaban J connectivity index is 1.17. The van der Waals surface area contributed by atoms with E-state index in [2.05, 4.69) is 0 Å². The Morgan fingerprint density at radius 2 is 0.509 bits per heavy atom. The van der Waals surface area contributed by atoms with Crippen LogP contribution in [0.2, 0.25) is 0 Å². The van der Waals surface area contributed by atoms with Crippen molar-refractivity contribution in [2.24, 2.45) is 5.41 Å². The molecule has 4 aliphatic heterocycles. The van der Waals surface area contributed by atoms with Crippen LogP contribution in [0.4, 0.5) is 0 Å². The summed E-state index contributed by atoms with van der Waals surface area (Å²) in [6.07, 6.45) is 12.1. The van der Waals surface area contributed by atoms with Crippen molar-refractivity contribution in [3.8, 4) is 0 Å². The molecule has 0 amide bonds. The van der Waals surface area contributed by atoms with Gasteiger partial charge in [-0.05, 0) is 77.0 Å². The second kappa shape index (κ2) is 34.0. The van der Waals surface area contributed by atoms with Gasteiger partial charge in [-0.2, -0.15) is 0 Å². The fourth-order valence-corrected chi connectivity index (χ4v) is 6.61. The first-order chi connectivity index (χ1) is 28.3. The molecule has 336 valence electrons. The standard InChI is InChI=1S/C41H76O16/c1-5-13-50-37(9-1)54-29-25-42-17-21-46-33-41(34-47-22-18-43-26-30-55-38-10-2-6-14-51-38,35-48-23-19-44-27-31-56-39-11-3-7-15-52-39)36-49-24-20-45-28-32-57-40-12-4-8-16-53-40/h37-40H,1-36H2. The van der Waals surface area contributed by atoms with Gasteiger partial charge in [0.2, 0.25) is 0 Å². The van der Waals surface area contributed by atoms with E-state index in [9.17, 15) is 0 Å². The lowest BCUT2D eigenvalue weighted by Gasteiger charge is -2.33. The minimum Gasteiger partial charge on any atom is -0.378 e. The van der Waals surface area contributed by atoms with Gasteiger partial charge in [0, 0.05) is 26.4 Å². The summed E-state index contributed by atoms with van der Waals surface area (Å²) in [4.78, 5) is 0. The van der Waals surface area contributed by atoms with E-state index in [1.165, 1.54) is 0 Å². The maximum atomic E-state index is 6.19. The second-order valence-electron chi connectivity index (χ2n) is 14.8. The molecule has 4 aliphatic rings. The van der Waals surface area contributed by atoms with E-state index in [0.717, 1.165) is 103 Å². The minimum absolute atomic E-state index is 0.126. The fourth-order valence-electron chi connectivity index (χ4n) is 6.61. The van der Waals surface area contributed by atoms with Crippen LogP contribution in [0.1, 0.15) is 77.0 Å². The summed E-state index contributed by atoms with van der Waals surface area (Å²) in [6.45, 7) is 11.5. The van der Waals surface area contributed by atoms with Crippen LogP contribution in [-0.2, 0) is 75.8 Å². The molecule has 57 heavy (non-hydrogen) atoms. The second-order valence-corrected chi connectivity index (χ2v) is 14.8. The monoisotopic (exact) mass is 825 g/mol. The lowest BCUT2D eigenvalue weighted by atomic mass is 9.92. The topological polar surface area (TPSA) is 148 Å². The number of rotatable bonds is 36. The Labute approximate surface area is 341 Å². The Morgan fingerprint density at radius 1 is 0.281 bits per heavy atom. The van der Waals surface area contributed by atoms with Crippen molar-refractivity contribution in [3.05, 3.63) is 0 Å². The molecule has 16 nitrogen and oxygen atoms in total. The Hall–Kier alpha value is -0.640. The van der Waals surface area contributed by atoms with Gasteiger partial charge >= 0.3 is 0 Å². The highest BCUT2D eigenvalue weighted by molar-refractivity contribution is 4.79. The zero-order chi connectivity index (χ0) is 39.6. The molecule has 0 aromatic rings. The van der Waals surface area contributed by atoms with Crippen molar-refractivity contribution in [3.63, 3.8) is 0 Å². The maximum Gasteiger partial charge on any atom is 0.157 e. The molecule has 4 saturated heterocycles. The molecule has 16 heteroatoms. The van der Waals surface area contributed by atoms with Crippen molar-refractivity contribution in [1.29, 1.82) is 0 Å². The molecule has 0 aromatic carbocycles. The Bertz CT molecular complexity index is 739. The molecule has 0 bridgehead atoms. The van der Waals surface area contributed by atoms with E-state index in [-0.39, 0.29) is 25.2 Å². The molecule has 4 atom stereocenters. The number of hydrogen-bond donors (Lipinski definition) is 0. The summed E-state index contributed by atoms with van der Waals surface area (Å²) in [7, 11) is 0. The molecule has 0 N–H and O–H groups in total. The molecule has 0 saturated carbocycles. The molecular formula is C41H76O16. The van der Waals surface area contributed by atoms with E-state index in [0.29, 0.717) is 132 Å². The highest BCUT2D eigenvalue weighted by atomic mass is 16.7. The normalized spacial score (nSPS) is 24.4. The van der Waals surface area contributed by atoms with E-state index in [4.69, 9.17) is 75.8 Å². The summed E-state index contributed by atoms with van der Waals surface area (Å²) >= 11 is 0. The van der Waals surface area contributed by atoms with Crippen LogP contribution in [0.15, 0.2) is 0 Å². The molecule has 0 aliphatic carbocycles. The lowest BCUT2D eigenvalue weighted by molar-refractivity contribution is -0.171. The SMILES string of the molecule is C1CCC(OCCOCCOCC(COCCOCCOC2CCCCO2)(COCCOCCOC2CCCCO2)COCCOCCOC2CCCCO2)OC1. The zero-order valence-corrected chi connectivity index (χ0v) is 34.8. The van der Waals surface area contributed by atoms with Crippen molar-refractivity contribution in [2.75, 3.05) is 159 Å². The summed E-state index contributed by atoms with van der Waals surface area (Å²) in [5, 5.41) is 0. The zero-order valence-electron chi connectivity index (χ0n) is 34.8. The first kappa shape index (κ1) is 49.0. The van der Waals surface area contributed by atoms with Gasteiger partial charge in [-0.1, -0.05) is 0 Å². The summed E-state index contributed by atoms with van der Waals surface area (Å²) in [5.74, 6) is 0. The molecule has 4 heterocycles. The summed E-state index contributed by atoms with van der Waals surface area (Å²) < 4.78 is 93.5. The highest BCUT2D eigenvalue weighted by Gasteiger charge is 2.33. The smallest absolute Gasteiger partial charge is 0.157 e. The average molecular weight is 825 g/mol. The molecule has 0 spiro atoms. The molecule has 4 fully saturated rings. The molecular weight excluding hydrogens is 748 g/mol. The highest BCUT2D eigenvalue weighted by Crippen LogP contribution is 2.22. The van der Waals surface area contributed by atoms with Crippen LogP contribution in [0.3, 0.4) is 0 Å². The molecule has 4 unspecified atom stereocenters. The average Bonchev–Trinajstić information content (AvgIpc) is 3.26. The Kier molecular flexibility index (Phi) is 29.2. The van der Waals surface area contributed by atoms with Crippen LogP contribution in [0.5, 0.6) is 0 Å². The third-order valence-corrected chi connectivity index (χ3v) is 9.80. The van der Waals surface area contributed by atoms with Gasteiger partial charge < -0.3 is 75.8 Å². The van der Waals surface area contributed by atoms with Gasteiger partial charge in [-0.15, -0.1) is 0 Å². The van der Waals surface area contributed by atoms with Crippen LogP contribution < -0.4 is 0 Å². The van der Waals surface area contributed by atoms with Gasteiger partial charge in [0.05, 0.1) is 138 Å². The molecule has 4 rings (SSSR count). The predicted octanol–water partition coefficient (Wildman–Crippen LogP) is 4.28. The maximum absolute atomic E-state index is 6.19. The van der Waals surface area contributed by atoms with Crippen molar-refractivity contribution in [1.82, 2.24) is 0 Å². The molecule has 0 aromatic heterocycles.